The first-order valence-electron chi connectivity index (χ1n) is 9.33. The summed E-state index contributed by atoms with van der Waals surface area (Å²) in [5.74, 6) is 1.69. The first kappa shape index (κ1) is 22.5. The Morgan fingerprint density at radius 3 is 2.64 bits per heavy atom. The number of unbranched alkanes of at least 4 members (excludes halogenated alkanes) is 1. The fourth-order valence-corrected chi connectivity index (χ4v) is 3.79. The van der Waals surface area contributed by atoms with Crippen molar-refractivity contribution in [3.8, 4) is 0 Å². The summed E-state index contributed by atoms with van der Waals surface area (Å²) in [6, 6.07) is 0. The second-order valence-electron chi connectivity index (χ2n) is 6.88. The molecule has 2 rings (SSSR count). The van der Waals surface area contributed by atoms with Gasteiger partial charge in [0.15, 0.2) is 11.1 Å². The van der Waals surface area contributed by atoms with Crippen molar-refractivity contribution in [1.82, 2.24) is 15.6 Å². The van der Waals surface area contributed by atoms with Crippen LogP contribution in [-0.4, -0.2) is 44.2 Å². The van der Waals surface area contributed by atoms with Crippen molar-refractivity contribution in [3.63, 3.8) is 0 Å². The topological polar surface area (TPSA) is 52.6 Å². The second kappa shape index (κ2) is 12.7. The number of thiazole rings is 1. The molecule has 25 heavy (non-hydrogen) atoms. The summed E-state index contributed by atoms with van der Waals surface area (Å²) in [5.41, 5.74) is 1.18. The van der Waals surface area contributed by atoms with Gasteiger partial charge in [-0.3, -0.25) is 4.99 Å². The van der Waals surface area contributed by atoms with Crippen LogP contribution >= 0.6 is 35.3 Å². The fraction of sp³-hybridized carbons (Fsp3) is 0.778. The van der Waals surface area contributed by atoms with E-state index in [2.05, 4.69) is 39.8 Å². The highest BCUT2D eigenvalue weighted by atomic mass is 127. The predicted octanol–water partition coefficient (Wildman–Crippen LogP) is 3.90. The van der Waals surface area contributed by atoms with E-state index >= 15 is 0 Å². The number of aromatic nitrogens is 1. The minimum atomic E-state index is 0. The molecule has 0 radical (unpaired) electrons. The number of guanidine groups is 1. The van der Waals surface area contributed by atoms with E-state index in [-0.39, 0.29) is 24.0 Å². The number of nitrogens with one attached hydrogen (secondary N) is 2. The maximum Gasteiger partial charge on any atom is 0.190 e. The third-order valence-electron chi connectivity index (χ3n) is 4.31. The number of nitrogens with zero attached hydrogens (tertiary/aromatic N) is 3. The van der Waals surface area contributed by atoms with Gasteiger partial charge in [0.25, 0.3) is 0 Å². The third kappa shape index (κ3) is 8.57. The number of hydrogen-bond donors (Lipinski definition) is 2. The lowest BCUT2D eigenvalue weighted by Gasteiger charge is -2.12. The maximum absolute atomic E-state index is 4.76. The summed E-state index contributed by atoms with van der Waals surface area (Å²) in [4.78, 5) is 11.5. The van der Waals surface area contributed by atoms with E-state index in [9.17, 15) is 0 Å². The first-order valence-corrected chi connectivity index (χ1v) is 10.2. The molecular formula is C18H34IN5S. The molecule has 0 saturated carbocycles. The molecule has 0 aromatic carbocycles. The van der Waals surface area contributed by atoms with Crippen molar-refractivity contribution in [2.75, 3.05) is 38.1 Å². The van der Waals surface area contributed by atoms with Crippen LogP contribution in [0.4, 0.5) is 5.13 Å². The average molecular weight is 479 g/mol. The number of anilines is 1. The van der Waals surface area contributed by atoms with Gasteiger partial charge in [-0.05, 0) is 25.2 Å². The molecule has 0 unspecified atom stereocenters. The lowest BCUT2D eigenvalue weighted by molar-refractivity contribution is 0.534. The Hall–Kier alpha value is -0.570. The summed E-state index contributed by atoms with van der Waals surface area (Å²) >= 11 is 1.77. The van der Waals surface area contributed by atoms with E-state index in [1.165, 1.54) is 56.0 Å². The summed E-state index contributed by atoms with van der Waals surface area (Å²) < 4.78 is 0. The van der Waals surface area contributed by atoms with Crippen molar-refractivity contribution in [3.05, 3.63) is 11.1 Å². The normalized spacial score (nSPS) is 14.7. The van der Waals surface area contributed by atoms with Crippen molar-refractivity contribution >= 4 is 46.4 Å². The minimum absolute atomic E-state index is 0. The molecule has 144 valence electrons. The average Bonchev–Trinajstić information content (AvgIpc) is 3.23. The summed E-state index contributed by atoms with van der Waals surface area (Å²) in [6.45, 7) is 8.75. The van der Waals surface area contributed by atoms with Gasteiger partial charge in [-0.2, -0.15) is 0 Å². The molecule has 1 saturated heterocycles. The molecule has 2 N–H and O–H groups in total. The van der Waals surface area contributed by atoms with Gasteiger partial charge in [-0.1, -0.05) is 26.7 Å². The number of hydrogen-bond acceptors (Lipinski definition) is 4. The van der Waals surface area contributed by atoms with Crippen LogP contribution in [0.5, 0.6) is 0 Å². The molecule has 2 heterocycles. The van der Waals surface area contributed by atoms with Gasteiger partial charge in [-0.15, -0.1) is 35.3 Å². The molecule has 0 amide bonds. The van der Waals surface area contributed by atoms with Crippen LogP contribution in [0.2, 0.25) is 0 Å². The number of rotatable bonds is 9. The van der Waals surface area contributed by atoms with Crippen LogP contribution in [0, 0.1) is 5.92 Å². The zero-order chi connectivity index (χ0) is 17.2. The molecule has 5 nitrogen and oxygen atoms in total. The van der Waals surface area contributed by atoms with E-state index in [1.54, 1.807) is 11.3 Å². The highest BCUT2D eigenvalue weighted by Crippen LogP contribution is 2.24. The molecule has 0 bridgehead atoms. The molecule has 7 heteroatoms. The Morgan fingerprint density at radius 2 is 1.96 bits per heavy atom. The second-order valence-corrected chi connectivity index (χ2v) is 7.72. The summed E-state index contributed by atoms with van der Waals surface area (Å²) in [7, 11) is 1.83. The zero-order valence-electron chi connectivity index (χ0n) is 15.9. The van der Waals surface area contributed by atoms with Crippen molar-refractivity contribution in [2.24, 2.45) is 10.9 Å². The Balaban J connectivity index is 0.00000312. The molecule has 1 aromatic heterocycles. The Bertz CT molecular complexity index is 497. The van der Waals surface area contributed by atoms with Crippen molar-refractivity contribution in [1.29, 1.82) is 0 Å². The van der Waals surface area contributed by atoms with Gasteiger partial charge in [0.2, 0.25) is 0 Å². The minimum Gasteiger partial charge on any atom is -0.356 e. The Morgan fingerprint density at radius 1 is 1.24 bits per heavy atom. The lowest BCUT2D eigenvalue weighted by Crippen LogP contribution is -2.38. The van der Waals surface area contributed by atoms with Gasteiger partial charge >= 0.3 is 0 Å². The van der Waals surface area contributed by atoms with Gasteiger partial charge in [-0.25, -0.2) is 4.98 Å². The molecule has 1 fully saturated rings. The van der Waals surface area contributed by atoms with Crippen LogP contribution in [-0.2, 0) is 6.42 Å². The van der Waals surface area contributed by atoms with E-state index in [4.69, 9.17) is 4.98 Å². The van der Waals surface area contributed by atoms with Crippen LogP contribution in [0.3, 0.4) is 0 Å². The largest absolute Gasteiger partial charge is 0.356 e. The smallest absolute Gasteiger partial charge is 0.190 e. The molecular weight excluding hydrogens is 445 g/mol. The van der Waals surface area contributed by atoms with Crippen molar-refractivity contribution < 1.29 is 0 Å². The first-order chi connectivity index (χ1) is 11.7. The zero-order valence-corrected chi connectivity index (χ0v) is 19.0. The molecule has 0 atom stereocenters. The quantitative estimate of drug-likeness (QED) is 0.244. The van der Waals surface area contributed by atoms with Crippen molar-refractivity contribution in [2.45, 2.75) is 52.4 Å². The molecule has 1 aliphatic heterocycles. The Labute approximate surface area is 174 Å². The van der Waals surface area contributed by atoms with E-state index in [1.807, 2.05) is 7.05 Å². The molecule has 0 spiro atoms. The van der Waals surface area contributed by atoms with Gasteiger partial charge < -0.3 is 15.5 Å². The van der Waals surface area contributed by atoms with E-state index in [0.717, 1.165) is 31.4 Å². The Kier molecular flexibility index (Phi) is 11.4. The lowest BCUT2D eigenvalue weighted by atomic mass is 10.1. The number of halogens is 1. The highest BCUT2D eigenvalue weighted by Gasteiger charge is 2.15. The standard InChI is InChI=1S/C18H33N5S.HI/c1-15(2)8-4-5-10-20-17(19-3)21-11-9-16-14-24-18(22-16)23-12-6-7-13-23;/h14-15H,4-13H2,1-3H3,(H2,19,20,21);1H. The number of aliphatic imine (C=N–C) groups is 1. The third-order valence-corrected chi connectivity index (χ3v) is 5.26. The van der Waals surface area contributed by atoms with Crippen LogP contribution < -0.4 is 15.5 Å². The van der Waals surface area contributed by atoms with E-state index in [0.29, 0.717) is 0 Å². The van der Waals surface area contributed by atoms with Crippen LogP contribution in [0.25, 0.3) is 0 Å². The van der Waals surface area contributed by atoms with Crippen LogP contribution in [0.1, 0.15) is 51.6 Å². The van der Waals surface area contributed by atoms with Gasteiger partial charge in [0, 0.05) is 45.0 Å². The molecule has 0 aliphatic carbocycles. The van der Waals surface area contributed by atoms with Crippen LogP contribution in [0.15, 0.2) is 10.4 Å². The SMILES string of the molecule is CN=C(NCCCCC(C)C)NCCc1csc(N2CCCC2)n1.I. The monoisotopic (exact) mass is 479 g/mol. The molecule has 1 aromatic rings. The summed E-state index contributed by atoms with van der Waals surface area (Å²) in [5, 5.41) is 10.2. The van der Waals surface area contributed by atoms with Gasteiger partial charge in [0.1, 0.15) is 0 Å². The summed E-state index contributed by atoms with van der Waals surface area (Å²) in [6.07, 6.45) is 7.32. The maximum atomic E-state index is 4.76. The van der Waals surface area contributed by atoms with Gasteiger partial charge in [0.05, 0.1) is 5.69 Å². The highest BCUT2D eigenvalue weighted by molar-refractivity contribution is 14.0. The predicted molar refractivity (Wildman–Crippen MR) is 121 cm³/mol. The fourth-order valence-electron chi connectivity index (χ4n) is 2.88. The molecule has 1 aliphatic rings. The van der Waals surface area contributed by atoms with E-state index < -0.39 is 0 Å².